The van der Waals surface area contributed by atoms with Gasteiger partial charge < -0.3 is 4.90 Å². The molecule has 0 spiro atoms. The first-order valence-corrected chi connectivity index (χ1v) is 9.58. The molecule has 2 atom stereocenters. The summed E-state index contributed by atoms with van der Waals surface area (Å²) in [5.41, 5.74) is 2.17. The fourth-order valence-electron chi connectivity index (χ4n) is 3.95. The lowest BCUT2D eigenvalue weighted by atomic mass is 9.78. The minimum absolute atomic E-state index is 0.252. The molecule has 114 valence electrons. The normalized spacial score (nSPS) is 25.5. The monoisotopic (exact) mass is 303 g/mol. The quantitative estimate of drug-likeness (QED) is 0.827. The Labute approximate surface area is 132 Å². The molecule has 3 heteroatoms. The molecule has 2 fully saturated rings. The molecule has 0 bridgehead atoms. The highest BCUT2D eigenvalue weighted by molar-refractivity contribution is 7.97. The van der Waals surface area contributed by atoms with Crippen LogP contribution in [0.4, 0.5) is 0 Å². The lowest BCUT2D eigenvalue weighted by Crippen LogP contribution is -2.49. The van der Waals surface area contributed by atoms with Crippen LogP contribution in [0.2, 0.25) is 0 Å². The van der Waals surface area contributed by atoms with Crippen molar-refractivity contribution in [2.45, 2.75) is 50.3 Å². The van der Waals surface area contributed by atoms with Crippen molar-refractivity contribution in [1.29, 1.82) is 0 Å². The van der Waals surface area contributed by atoms with E-state index in [4.69, 9.17) is 0 Å². The Hall–Kier alpha value is -0.960. The third-order valence-electron chi connectivity index (χ3n) is 5.02. The molecule has 0 N–H and O–H groups in total. The Balaban J connectivity index is 1.73. The van der Waals surface area contributed by atoms with Crippen molar-refractivity contribution < 1.29 is 4.79 Å². The van der Waals surface area contributed by atoms with Gasteiger partial charge in [0.2, 0.25) is 0 Å². The second-order valence-electron chi connectivity index (χ2n) is 6.38. The summed E-state index contributed by atoms with van der Waals surface area (Å²) in [7, 11) is 0. The predicted octanol–water partition coefficient (Wildman–Crippen LogP) is 4.34. The molecule has 21 heavy (non-hydrogen) atoms. The van der Waals surface area contributed by atoms with E-state index in [1.807, 2.05) is 23.9 Å². The maximum Gasteiger partial charge on any atom is 0.254 e. The van der Waals surface area contributed by atoms with Gasteiger partial charge in [0, 0.05) is 23.9 Å². The fourth-order valence-corrected chi connectivity index (χ4v) is 4.48. The van der Waals surface area contributed by atoms with E-state index in [1.54, 1.807) is 0 Å². The maximum absolute atomic E-state index is 12.8. The molecule has 1 saturated carbocycles. The summed E-state index contributed by atoms with van der Waals surface area (Å²) in [6.07, 6.45) is 9.78. The van der Waals surface area contributed by atoms with Gasteiger partial charge >= 0.3 is 0 Å². The maximum atomic E-state index is 12.8. The fraction of sp³-hybridized carbons (Fsp3) is 0.611. The van der Waals surface area contributed by atoms with Crippen LogP contribution in [0.5, 0.6) is 0 Å². The highest BCUT2D eigenvalue weighted by Crippen LogP contribution is 2.35. The first kappa shape index (κ1) is 15.0. The summed E-state index contributed by atoms with van der Waals surface area (Å²) in [5, 5.41) is 0. The van der Waals surface area contributed by atoms with E-state index in [0.717, 1.165) is 23.8 Å². The largest absolute Gasteiger partial charge is 0.335 e. The van der Waals surface area contributed by atoms with E-state index in [2.05, 4.69) is 23.3 Å². The lowest BCUT2D eigenvalue weighted by Gasteiger charge is -2.44. The van der Waals surface area contributed by atoms with Gasteiger partial charge in [-0.05, 0) is 55.6 Å². The molecule has 1 aliphatic heterocycles. The van der Waals surface area contributed by atoms with Gasteiger partial charge in [-0.15, -0.1) is 0 Å². The van der Waals surface area contributed by atoms with Crippen LogP contribution in [0, 0.1) is 5.92 Å². The molecule has 1 amide bonds. The molecule has 1 saturated heterocycles. The van der Waals surface area contributed by atoms with Crippen LogP contribution in [-0.2, 0) is 5.75 Å². The van der Waals surface area contributed by atoms with E-state index < -0.39 is 0 Å². The molecule has 1 heterocycles. The number of fused-ring (bicyclic) bond motifs is 1. The Morgan fingerprint density at radius 1 is 1.14 bits per heavy atom. The summed E-state index contributed by atoms with van der Waals surface area (Å²) in [6, 6.07) is 8.74. The molecule has 1 aromatic carbocycles. The minimum atomic E-state index is 0.252. The molecule has 1 aliphatic carbocycles. The summed E-state index contributed by atoms with van der Waals surface area (Å²) in [6.45, 7) is 0.951. The van der Waals surface area contributed by atoms with E-state index in [0.29, 0.717) is 6.04 Å². The zero-order valence-electron chi connectivity index (χ0n) is 12.9. The number of carbonyl (C=O) groups excluding carboxylic acids is 1. The highest BCUT2D eigenvalue weighted by Gasteiger charge is 2.35. The van der Waals surface area contributed by atoms with Crippen LogP contribution in [-0.4, -0.2) is 29.6 Å². The number of amides is 1. The van der Waals surface area contributed by atoms with Crippen LogP contribution in [0.25, 0.3) is 0 Å². The third-order valence-corrected chi connectivity index (χ3v) is 5.64. The minimum Gasteiger partial charge on any atom is -0.335 e. The summed E-state index contributed by atoms with van der Waals surface area (Å²) in [4.78, 5) is 15.0. The lowest BCUT2D eigenvalue weighted by molar-refractivity contribution is 0.0390. The van der Waals surface area contributed by atoms with E-state index in [9.17, 15) is 4.79 Å². The summed E-state index contributed by atoms with van der Waals surface area (Å²) < 4.78 is 0. The zero-order valence-corrected chi connectivity index (χ0v) is 13.7. The van der Waals surface area contributed by atoms with Crippen molar-refractivity contribution in [2.75, 3.05) is 12.8 Å². The van der Waals surface area contributed by atoms with Crippen LogP contribution < -0.4 is 0 Å². The summed E-state index contributed by atoms with van der Waals surface area (Å²) >= 11 is 1.82. The van der Waals surface area contributed by atoms with Gasteiger partial charge in [0.05, 0.1) is 0 Å². The third kappa shape index (κ3) is 3.28. The molecule has 2 nitrogen and oxygen atoms in total. The molecule has 0 radical (unpaired) electrons. The van der Waals surface area contributed by atoms with E-state index >= 15 is 0 Å². The van der Waals surface area contributed by atoms with Crippen LogP contribution >= 0.6 is 11.8 Å². The molecular formula is C18H25NOS. The molecular weight excluding hydrogens is 278 g/mol. The van der Waals surface area contributed by atoms with Gasteiger partial charge in [0.25, 0.3) is 5.91 Å². The standard InChI is InChI=1S/C18H25NOS/c1-21-13-14-8-10-16(11-9-14)18(20)19-12-4-6-15-5-2-3-7-17(15)19/h8-11,15,17H,2-7,12-13H2,1H3/t15-,17-/m0/s1. The van der Waals surface area contributed by atoms with Gasteiger partial charge in [-0.25, -0.2) is 0 Å². The molecule has 1 aromatic rings. The predicted molar refractivity (Wildman–Crippen MR) is 89.7 cm³/mol. The molecule has 0 aromatic heterocycles. The second kappa shape index (κ2) is 6.87. The van der Waals surface area contributed by atoms with Crippen molar-refractivity contribution in [3.63, 3.8) is 0 Å². The Kier molecular flexibility index (Phi) is 4.89. The number of rotatable bonds is 3. The van der Waals surface area contributed by atoms with Gasteiger partial charge in [0.1, 0.15) is 0 Å². The topological polar surface area (TPSA) is 20.3 Å². The van der Waals surface area contributed by atoms with Gasteiger partial charge in [-0.3, -0.25) is 4.79 Å². The molecule has 3 rings (SSSR count). The number of carbonyl (C=O) groups is 1. The van der Waals surface area contributed by atoms with E-state index in [-0.39, 0.29) is 5.91 Å². The van der Waals surface area contributed by atoms with Crippen LogP contribution in [0.15, 0.2) is 24.3 Å². The van der Waals surface area contributed by atoms with Crippen LogP contribution in [0.3, 0.4) is 0 Å². The number of thioether (sulfide) groups is 1. The molecule has 0 unspecified atom stereocenters. The zero-order chi connectivity index (χ0) is 14.7. The van der Waals surface area contributed by atoms with Crippen molar-refractivity contribution in [3.05, 3.63) is 35.4 Å². The average molecular weight is 303 g/mol. The van der Waals surface area contributed by atoms with E-state index in [1.165, 1.54) is 44.1 Å². The summed E-state index contributed by atoms with van der Waals surface area (Å²) in [5.74, 6) is 2.03. The van der Waals surface area contributed by atoms with Crippen molar-refractivity contribution in [1.82, 2.24) is 4.90 Å². The number of likely N-dealkylation sites (tertiary alicyclic amines) is 1. The first-order chi connectivity index (χ1) is 10.3. The van der Waals surface area contributed by atoms with Crippen molar-refractivity contribution in [3.8, 4) is 0 Å². The number of nitrogens with zero attached hydrogens (tertiary/aromatic N) is 1. The van der Waals surface area contributed by atoms with Crippen molar-refractivity contribution >= 4 is 17.7 Å². The number of piperidine rings is 1. The van der Waals surface area contributed by atoms with Crippen LogP contribution in [0.1, 0.15) is 54.4 Å². The average Bonchev–Trinajstić information content (AvgIpc) is 2.55. The number of benzene rings is 1. The smallest absolute Gasteiger partial charge is 0.254 e. The van der Waals surface area contributed by atoms with Gasteiger partial charge in [-0.2, -0.15) is 11.8 Å². The van der Waals surface area contributed by atoms with Crippen molar-refractivity contribution in [2.24, 2.45) is 5.92 Å². The first-order valence-electron chi connectivity index (χ1n) is 8.18. The molecule has 2 aliphatic rings. The number of hydrogen-bond acceptors (Lipinski definition) is 2. The Morgan fingerprint density at radius 2 is 1.86 bits per heavy atom. The number of hydrogen-bond donors (Lipinski definition) is 0. The SMILES string of the molecule is CSCc1ccc(C(=O)N2CCC[C@@H]3CCCC[C@@H]32)cc1. The second-order valence-corrected chi connectivity index (χ2v) is 7.25. The van der Waals surface area contributed by atoms with Gasteiger partial charge in [-0.1, -0.05) is 25.0 Å². The highest BCUT2D eigenvalue weighted by atomic mass is 32.2. The van der Waals surface area contributed by atoms with Gasteiger partial charge in [0.15, 0.2) is 0 Å². The Bertz CT molecular complexity index is 482. The Morgan fingerprint density at radius 3 is 2.62 bits per heavy atom.